The van der Waals surface area contributed by atoms with E-state index >= 15 is 0 Å². The molecule has 1 aromatic heterocycles. The Morgan fingerprint density at radius 3 is 3.42 bits per heavy atom. The second-order valence-corrected chi connectivity index (χ2v) is 3.99. The predicted octanol–water partition coefficient (Wildman–Crippen LogP) is 2.29. The van der Waals surface area contributed by atoms with Crippen molar-refractivity contribution in [2.75, 3.05) is 13.2 Å². The van der Waals surface area contributed by atoms with Gasteiger partial charge in [0, 0.05) is 17.5 Å². The molecule has 66 valence electrons. The molecule has 0 saturated heterocycles. The molecule has 0 radical (unpaired) electrons. The Morgan fingerprint density at radius 1 is 1.67 bits per heavy atom. The van der Waals surface area contributed by atoms with Crippen LogP contribution in [-0.2, 0) is 6.42 Å². The summed E-state index contributed by atoms with van der Waals surface area (Å²) in [5.41, 5.74) is 1.45. The first-order valence-electron chi connectivity index (χ1n) is 4.27. The largest absolute Gasteiger partial charge is 0.307 e. The van der Waals surface area contributed by atoms with Crippen LogP contribution in [0.3, 0.4) is 0 Å². The van der Waals surface area contributed by atoms with Gasteiger partial charge in [-0.05, 0) is 29.9 Å². The maximum atomic E-state index is 11.9. The third kappa shape index (κ3) is 1.39. The van der Waals surface area contributed by atoms with Crippen LogP contribution in [0.1, 0.15) is 22.9 Å². The second kappa shape index (κ2) is 3.54. The fourth-order valence-corrected chi connectivity index (χ4v) is 2.78. The molecule has 0 amide bonds. The number of alkyl halides is 1. The Labute approximate surface area is 75.6 Å². The van der Waals surface area contributed by atoms with E-state index in [0.717, 1.165) is 12.8 Å². The molecule has 1 atom stereocenters. The summed E-state index contributed by atoms with van der Waals surface area (Å²) in [5.74, 6) is 0. The zero-order valence-corrected chi connectivity index (χ0v) is 7.66. The van der Waals surface area contributed by atoms with Crippen molar-refractivity contribution in [2.24, 2.45) is 0 Å². The Hall–Kier alpha value is -0.410. The molecule has 0 spiro atoms. The number of rotatable bonds is 3. The summed E-state index contributed by atoms with van der Waals surface area (Å²) >= 11 is 1.79. The van der Waals surface area contributed by atoms with E-state index in [9.17, 15) is 4.39 Å². The quantitative estimate of drug-likeness (QED) is 0.762. The first kappa shape index (κ1) is 8.20. The Bertz CT molecular complexity index is 259. The number of fused-ring (bicyclic) bond motifs is 1. The third-order valence-electron chi connectivity index (χ3n) is 2.28. The van der Waals surface area contributed by atoms with Gasteiger partial charge in [-0.3, -0.25) is 0 Å². The molecular formula is C9H12FNS. The summed E-state index contributed by atoms with van der Waals surface area (Å²) in [6, 6.07) is 2.60. The molecule has 2 rings (SSSR count). The smallest absolute Gasteiger partial charge is 0.102 e. The Morgan fingerprint density at radius 2 is 2.58 bits per heavy atom. The van der Waals surface area contributed by atoms with Crippen molar-refractivity contribution in [2.45, 2.75) is 18.9 Å². The van der Waals surface area contributed by atoms with Crippen molar-refractivity contribution >= 4 is 11.3 Å². The first-order chi connectivity index (χ1) is 5.92. The zero-order chi connectivity index (χ0) is 8.39. The molecule has 1 aromatic rings. The minimum Gasteiger partial charge on any atom is -0.307 e. The number of nitrogens with one attached hydrogen (secondary N) is 1. The van der Waals surface area contributed by atoms with Crippen LogP contribution in [0, 0.1) is 0 Å². The topological polar surface area (TPSA) is 12.0 Å². The molecule has 0 aliphatic heterocycles. The van der Waals surface area contributed by atoms with Crippen molar-refractivity contribution in [3.63, 3.8) is 0 Å². The van der Waals surface area contributed by atoms with Gasteiger partial charge in [0.25, 0.3) is 0 Å². The number of halogens is 1. The fourth-order valence-electron chi connectivity index (χ4n) is 1.71. The summed E-state index contributed by atoms with van der Waals surface area (Å²) in [5, 5.41) is 5.33. The maximum absolute atomic E-state index is 11.9. The molecule has 0 fully saturated rings. The minimum atomic E-state index is -0.267. The third-order valence-corrected chi connectivity index (χ3v) is 3.36. The highest BCUT2D eigenvalue weighted by atomic mass is 32.1. The molecule has 1 unspecified atom stereocenters. The highest BCUT2D eigenvalue weighted by molar-refractivity contribution is 7.10. The normalized spacial score (nSPS) is 21.2. The monoisotopic (exact) mass is 185 g/mol. The van der Waals surface area contributed by atoms with E-state index in [0.29, 0.717) is 12.6 Å². The molecular weight excluding hydrogens is 173 g/mol. The van der Waals surface area contributed by atoms with Crippen LogP contribution in [0.15, 0.2) is 11.4 Å². The SMILES string of the molecule is FCCNC1CCc2ccsc21. The van der Waals surface area contributed by atoms with Gasteiger partial charge in [0.2, 0.25) is 0 Å². The van der Waals surface area contributed by atoms with Gasteiger partial charge in [0.15, 0.2) is 0 Å². The average Bonchev–Trinajstić information content (AvgIpc) is 2.62. The number of thiophene rings is 1. The Balaban J connectivity index is 2.02. The molecule has 3 heteroatoms. The van der Waals surface area contributed by atoms with E-state index < -0.39 is 0 Å². The zero-order valence-electron chi connectivity index (χ0n) is 6.85. The molecule has 0 saturated carbocycles. The highest BCUT2D eigenvalue weighted by Crippen LogP contribution is 2.34. The molecule has 1 nitrogen and oxygen atoms in total. The lowest BCUT2D eigenvalue weighted by Crippen LogP contribution is -2.20. The van der Waals surface area contributed by atoms with Gasteiger partial charge in [-0.2, -0.15) is 0 Å². The van der Waals surface area contributed by atoms with Gasteiger partial charge in [-0.1, -0.05) is 0 Å². The van der Waals surface area contributed by atoms with Crippen LogP contribution in [0.2, 0.25) is 0 Å². The van der Waals surface area contributed by atoms with E-state index in [4.69, 9.17) is 0 Å². The molecule has 1 aliphatic carbocycles. The minimum absolute atomic E-state index is 0.267. The van der Waals surface area contributed by atoms with Gasteiger partial charge in [-0.25, -0.2) is 4.39 Å². The van der Waals surface area contributed by atoms with Crippen molar-refractivity contribution in [1.29, 1.82) is 0 Å². The summed E-state index contributed by atoms with van der Waals surface area (Å²) in [7, 11) is 0. The summed E-state index contributed by atoms with van der Waals surface area (Å²) < 4.78 is 11.9. The molecule has 1 aliphatic rings. The second-order valence-electron chi connectivity index (χ2n) is 3.04. The lowest BCUT2D eigenvalue weighted by molar-refractivity contribution is 0.434. The number of hydrogen-bond donors (Lipinski definition) is 1. The Kier molecular flexibility index (Phi) is 2.42. The summed E-state index contributed by atoms with van der Waals surface area (Å²) in [6.07, 6.45) is 2.30. The molecule has 12 heavy (non-hydrogen) atoms. The van der Waals surface area contributed by atoms with Crippen LogP contribution >= 0.6 is 11.3 Å². The predicted molar refractivity (Wildman–Crippen MR) is 49.4 cm³/mol. The van der Waals surface area contributed by atoms with Gasteiger partial charge in [0.1, 0.15) is 6.67 Å². The molecule has 0 aromatic carbocycles. The highest BCUT2D eigenvalue weighted by Gasteiger charge is 2.22. The van der Waals surface area contributed by atoms with Gasteiger partial charge in [0.05, 0.1) is 0 Å². The molecule has 1 heterocycles. The van der Waals surface area contributed by atoms with E-state index in [1.165, 1.54) is 10.4 Å². The molecule has 0 bridgehead atoms. The maximum Gasteiger partial charge on any atom is 0.102 e. The van der Waals surface area contributed by atoms with E-state index in [-0.39, 0.29) is 6.67 Å². The summed E-state index contributed by atoms with van der Waals surface area (Å²) in [6.45, 7) is 0.221. The van der Waals surface area contributed by atoms with E-state index in [1.54, 1.807) is 11.3 Å². The van der Waals surface area contributed by atoms with E-state index in [2.05, 4.69) is 16.8 Å². The van der Waals surface area contributed by atoms with Gasteiger partial charge >= 0.3 is 0 Å². The molecule has 1 N–H and O–H groups in total. The van der Waals surface area contributed by atoms with Gasteiger partial charge in [-0.15, -0.1) is 11.3 Å². The number of hydrogen-bond acceptors (Lipinski definition) is 2. The fraction of sp³-hybridized carbons (Fsp3) is 0.556. The van der Waals surface area contributed by atoms with E-state index in [1.807, 2.05) is 0 Å². The average molecular weight is 185 g/mol. The standard InChI is InChI=1S/C9H12FNS/c10-4-5-11-8-2-1-7-3-6-12-9(7)8/h3,6,8,11H,1-2,4-5H2. The lowest BCUT2D eigenvalue weighted by atomic mass is 10.2. The first-order valence-corrected chi connectivity index (χ1v) is 5.15. The van der Waals surface area contributed by atoms with Crippen molar-refractivity contribution in [3.05, 3.63) is 21.9 Å². The summed E-state index contributed by atoms with van der Waals surface area (Å²) in [4.78, 5) is 1.42. The number of aryl methyl sites for hydroxylation is 1. The van der Waals surface area contributed by atoms with Crippen molar-refractivity contribution in [3.8, 4) is 0 Å². The van der Waals surface area contributed by atoms with Gasteiger partial charge < -0.3 is 5.32 Å². The van der Waals surface area contributed by atoms with Crippen molar-refractivity contribution < 1.29 is 4.39 Å². The van der Waals surface area contributed by atoms with Crippen LogP contribution in [0.5, 0.6) is 0 Å². The van der Waals surface area contributed by atoms with Crippen LogP contribution < -0.4 is 5.32 Å². The lowest BCUT2D eigenvalue weighted by Gasteiger charge is -2.09. The van der Waals surface area contributed by atoms with Crippen LogP contribution in [0.4, 0.5) is 4.39 Å². The van der Waals surface area contributed by atoms with Crippen LogP contribution in [-0.4, -0.2) is 13.2 Å². The van der Waals surface area contributed by atoms with Crippen molar-refractivity contribution in [1.82, 2.24) is 5.32 Å². The van der Waals surface area contributed by atoms with Crippen LogP contribution in [0.25, 0.3) is 0 Å².